The van der Waals surface area contributed by atoms with Gasteiger partial charge in [-0.15, -0.1) is 0 Å². The van der Waals surface area contributed by atoms with Gasteiger partial charge in [-0.2, -0.15) is 13.2 Å². The third kappa shape index (κ3) is 3.43. The van der Waals surface area contributed by atoms with Gasteiger partial charge in [0.25, 0.3) is 5.91 Å². The van der Waals surface area contributed by atoms with Gasteiger partial charge in [-0.25, -0.2) is 4.98 Å². The SMILES string of the molecule is Cc1cccc(C(=O)NC[C@](C)(O)C(F)(F)F)n1. The lowest BCUT2D eigenvalue weighted by Gasteiger charge is -2.26. The number of halogens is 3. The largest absolute Gasteiger partial charge is 0.418 e. The molecule has 0 aliphatic heterocycles. The second kappa shape index (κ2) is 4.93. The molecule has 0 saturated heterocycles. The maximum Gasteiger partial charge on any atom is 0.418 e. The van der Waals surface area contributed by atoms with Gasteiger partial charge in [-0.1, -0.05) is 6.07 Å². The fraction of sp³-hybridized carbons (Fsp3) is 0.455. The van der Waals surface area contributed by atoms with Crippen molar-refractivity contribution in [1.29, 1.82) is 0 Å². The van der Waals surface area contributed by atoms with Crippen molar-refractivity contribution in [2.45, 2.75) is 25.6 Å². The van der Waals surface area contributed by atoms with Crippen molar-refractivity contribution < 1.29 is 23.1 Å². The number of nitrogens with zero attached hydrogens (tertiary/aromatic N) is 1. The topological polar surface area (TPSA) is 62.2 Å². The Bertz CT molecular complexity index is 444. The van der Waals surface area contributed by atoms with Crippen LogP contribution in [0.5, 0.6) is 0 Å². The number of carbonyl (C=O) groups excluding carboxylic acids is 1. The number of hydrogen-bond acceptors (Lipinski definition) is 3. The smallest absolute Gasteiger partial charge is 0.379 e. The second-order valence-electron chi connectivity index (χ2n) is 4.12. The average Bonchev–Trinajstić information content (AvgIpc) is 2.24. The lowest BCUT2D eigenvalue weighted by atomic mass is 10.1. The number of aliphatic hydroxyl groups is 1. The van der Waals surface area contributed by atoms with E-state index < -0.39 is 24.2 Å². The fourth-order valence-corrected chi connectivity index (χ4v) is 1.11. The van der Waals surface area contributed by atoms with Gasteiger partial charge in [0.05, 0.1) is 6.54 Å². The lowest BCUT2D eigenvalue weighted by molar-refractivity contribution is -0.249. The van der Waals surface area contributed by atoms with Crippen LogP contribution >= 0.6 is 0 Å². The molecule has 0 unspecified atom stereocenters. The van der Waals surface area contributed by atoms with Gasteiger partial charge in [0, 0.05) is 5.69 Å². The molecule has 1 aromatic heterocycles. The molecule has 4 nitrogen and oxygen atoms in total. The minimum absolute atomic E-state index is 0.00738. The molecule has 0 aliphatic carbocycles. The summed E-state index contributed by atoms with van der Waals surface area (Å²) < 4.78 is 37.0. The average molecular weight is 262 g/mol. The van der Waals surface area contributed by atoms with Crippen molar-refractivity contribution in [1.82, 2.24) is 10.3 Å². The molecule has 1 aromatic rings. The Balaban J connectivity index is 2.68. The van der Waals surface area contributed by atoms with Crippen molar-refractivity contribution in [3.63, 3.8) is 0 Å². The molecule has 0 fully saturated rings. The zero-order chi connectivity index (χ0) is 14.0. The first kappa shape index (κ1) is 14.4. The number of carbonyl (C=O) groups is 1. The molecule has 0 aromatic carbocycles. The van der Waals surface area contributed by atoms with Crippen LogP contribution in [0.2, 0.25) is 0 Å². The highest BCUT2D eigenvalue weighted by molar-refractivity contribution is 5.92. The first-order chi connectivity index (χ1) is 8.13. The minimum Gasteiger partial charge on any atom is -0.379 e. The summed E-state index contributed by atoms with van der Waals surface area (Å²) in [4.78, 5) is 15.4. The number of rotatable bonds is 3. The molecule has 0 bridgehead atoms. The van der Waals surface area contributed by atoms with E-state index in [4.69, 9.17) is 5.11 Å². The normalized spacial score (nSPS) is 15.0. The molecule has 0 saturated carbocycles. The molecular formula is C11H13F3N2O2. The summed E-state index contributed by atoms with van der Waals surface area (Å²) in [5.74, 6) is -0.761. The summed E-state index contributed by atoms with van der Waals surface area (Å²) in [6.45, 7) is 1.32. The highest BCUT2D eigenvalue weighted by Gasteiger charge is 2.49. The zero-order valence-corrected chi connectivity index (χ0v) is 9.88. The van der Waals surface area contributed by atoms with Crippen LogP contribution in [0.3, 0.4) is 0 Å². The monoisotopic (exact) mass is 262 g/mol. The molecule has 0 radical (unpaired) electrons. The van der Waals surface area contributed by atoms with Gasteiger partial charge in [0.1, 0.15) is 5.69 Å². The van der Waals surface area contributed by atoms with Crippen LogP contribution in [0.1, 0.15) is 23.1 Å². The van der Waals surface area contributed by atoms with Gasteiger partial charge in [0.2, 0.25) is 0 Å². The number of alkyl halides is 3. The molecule has 1 heterocycles. The number of nitrogens with one attached hydrogen (secondary N) is 1. The Kier molecular flexibility index (Phi) is 3.95. The molecule has 0 aliphatic rings. The van der Waals surface area contributed by atoms with Gasteiger partial charge in [0.15, 0.2) is 5.60 Å². The van der Waals surface area contributed by atoms with Gasteiger partial charge in [-0.05, 0) is 26.0 Å². The number of aryl methyl sites for hydroxylation is 1. The minimum atomic E-state index is -4.81. The van der Waals surface area contributed by atoms with Crippen LogP contribution in [0.4, 0.5) is 13.2 Å². The molecule has 0 spiro atoms. The molecule has 7 heteroatoms. The van der Waals surface area contributed by atoms with Crippen LogP contribution in [-0.2, 0) is 0 Å². The number of amides is 1. The molecular weight excluding hydrogens is 249 g/mol. The quantitative estimate of drug-likeness (QED) is 0.866. The Morgan fingerprint density at radius 3 is 2.56 bits per heavy atom. The highest BCUT2D eigenvalue weighted by Crippen LogP contribution is 2.29. The highest BCUT2D eigenvalue weighted by atomic mass is 19.4. The van der Waals surface area contributed by atoms with Gasteiger partial charge in [-0.3, -0.25) is 4.79 Å². The third-order valence-electron chi connectivity index (χ3n) is 2.32. The van der Waals surface area contributed by atoms with Crippen molar-refractivity contribution in [3.05, 3.63) is 29.6 Å². The van der Waals surface area contributed by atoms with Crippen molar-refractivity contribution in [2.75, 3.05) is 6.54 Å². The van der Waals surface area contributed by atoms with Crippen LogP contribution in [-0.4, -0.2) is 34.3 Å². The van der Waals surface area contributed by atoms with Crippen LogP contribution in [0.25, 0.3) is 0 Å². The van der Waals surface area contributed by atoms with E-state index in [1.165, 1.54) is 6.07 Å². The Labute approximate surface area is 102 Å². The van der Waals surface area contributed by atoms with E-state index in [0.29, 0.717) is 12.6 Å². The Morgan fingerprint density at radius 1 is 1.44 bits per heavy atom. The van der Waals surface area contributed by atoms with E-state index in [1.54, 1.807) is 19.1 Å². The van der Waals surface area contributed by atoms with E-state index in [2.05, 4.69) is 4.98 Å². The van der Waals surface area contributed by atoms with E-state index in [0.717, 1.165) is 0 Å². The van der Waals surface area contributed by atoms with Crippen molar-refractivity contribution in [3.8, 4) is 0 Å². The predicted octanol–water partition coefficient (Wildman–Crippen LogP) is 1.43. The summed E-state index contributed by atoms with van der Waals surface area (Å²) in [7, 11) is 0. The zero-order valence-electron chi connectivity index (χ0n) is 9.88. The Morgan fingerprint density at radius 2 is 2.06 bits per heavy atom. The number of hydrogen-bond donors (Lipinski definition) is 2. The van der Waals surface area contributed by atoms with Crippen molar-refractivity contribution in [2.24, 2.45) is 0 Å². The van der Waals surface area contributed by atoms with Gasteiger partial charge < -0.3 is 10.4 Å². The van der Waals surface area contributed by atoms with Crippen LogP contribution in [0, 0.1) is 6.92 Å². The van der Waals surface area contributed by atoms with E-state index in [9.17, 15) is 18.0 Å². The molecule has 1 rings (SSSR count). The van der Waals surface area contributed by atoms with Crippen LogP contribution in [0.15, 0.2) is 18.2 Å². The van der Waals surface area contributed by atoms with Crippen molar-refractivity contribution >= 4 is 5.91 Å². The van der Waals surface area contributed by atoms with Gasteiger partial charge >= 0.3 is 6.18 Å². The van der Waals surface area contributed by atoms with E-state index >= 15 is 0 Å². The lowest BCUT2D eigenvalue weighted by Crippen LogP contribution is -2.51. The molecule has 1 amide bonds. The maximum absolute atomic E-state index is 12.3. The maximum atomic E-state index is 12.3. The van der Waals surface area contributed by atoms with E-state index in [-0.39, 0.29) is 5.69 Å². The molecule has 1 atom stereocenters. The third-order valence-corrected chi connectivity index (χ3v) is 2.32. The number of aromatic nitrogens is 1. The molecule has 100 valence electrons. The summed E-state index contributed by atoms with van der Waals surface area (Å²) in [5.41, 5.74) is -2.38. The van der Waals surface area contributed by atoms with Crippen LogP contribution < -0.4 is 5.32 Å². The predicted molar refractivity (Wildman–Crippen MR) is 58.0 cm³/mol. The van der Waals surface area contributed by atoms with E-state index in [1.807, 2.05) is 5.32 Å². The number of pyridine rings is 1. The fourth-order valence-electron chi connectivity index (χ4n) is 1.11. The summed E-state index contributed by atoms with van der Waals surface area (Å²) in [6, 6.07) is 4.60. The Hall–Kier alpha value is -1.63. The first-order valence-electron chi connectivity index (χ1n) is 5.14. The molecule has 18 heavy (non-hydrogen) atoms. The summed E-state index contributed by atoms with van der Waals surface area (Å²) in [5, 5.41) is 11.1. The molecule has 2 N–H and O–H groups in total. The summed E-state index contributed by atoms with van der Waals surface area (Å²) >= 11 is 0. The standard InChI is InChI=1S/C11H13F3N2O2/c1-7-4-3-5-8(16-7)9(17)15-6-10(2,18)11(12,13)14/h3-5,18H,6H2,1-2H3,(H,15,17)/t10-/m0/s1. The second-order valence-corrected chi connectivity index (χ2v) is 4.12. The summed E-state index contributed by atoms with van der Waals surface area (Å²) in [6.07, 6.45) is -4.81. The first-order valence-corrected chi connectivity index (χ1v) is 5.14.